The third-order valence-electron chi connectivity index (χ3n) is 4.54. The van der Waals surface area contributed by atoms with E-state index in [0.29, 0.717) is 17.8 Å². The van der Waals surface area contributed by atoms with Crippen molar-refractivity contribution in [1.82, 2.24) is 5.43 Å². The molecule has 142 valence electrons. The van der Waals surface area contributed by atoms with E-state index >= 15 is 0 Å². The number of benzene rings is 2. The third kappa shape index (κ3) is 4.14. The molecule has 0 spiro atoms. The standard InChI is InChI=1S/C20H19F3N2O2/c1-12-3-4-14(13(2)9-12)11-25-18-10-15(20(21,22)23)5-6-16(18)17(24-25)7-8-19(26)27/h3-10,17,24H,11H2,1-2H3,(H,26,27)/b8-7+. The monoisotopic (exact) mass is 376 g/mol. The smallest absolute Gasteiger partial charge is 0.416 e. The van der Waals surface area contributed by atoms with Gasteiger partial charge in [-0.1, -0.05) is 35.9 Å². The first-order valence-corrected chi connectivity index (χ1v) is 8.37. The van der Waals surface area contributed by atoms with Crippen molar-refractivity contribution in [3.8, 4) is 0 Å². The summed E-state index contributed by atoms with van der Waals surface area (Å²) in [6.07, 6.45) is -2.04. The molecule has 0 saturated heterocycles. The zero-order chi connectivity index (χ0) is 19.8. The molecule has 1 heterocycles. The second kappa shape index (κ2) is 7.08. The molecule has 2 aromatic rings. The molecule has 0 fully saturated rings. The molecule has 1 aliphatic rings. The van der Waals surface area contributed by atoms with Crippen LogP contribution in [0.5, 0.6) is 0 Å². The second-order valence-corrected chi connectivity index (χ2v) is 6.59. The number of hydrazine groups is 1. The van der Waals surface area contributed by atoms with Crippen LogP contribution in [0.2, 0.25) is 0 Å². The Morgan fingerprint density at radius 3 is 2.59 bits per heavy atom. The van der Waals surface area contributed by atoms with Crippen molar-refractivity contribution in [1.29, 1.82) is 0 Å². The highest BCUT2D eigenvalue weighted by molar-refractivity contribution is 5.80. The zero-order valence-corrected chi connectivity index (χ0v) is 14.8. The lowest BCUT2D eigenvalue weighted by Crippen LogP contribution is -2.33. The highest BCUT2D eigenvalue weighted by atomic mass is 19.4. The van der Waals surface area contributed by atoms with Gasteiger partial charge in [0.1, 0.15) is 0 Å². The first-order chi connectivity index (χ1) is 12.6. The van der Waals surface area contributed by atoms with Gasteiger partial charge in [-0.25, -0.2) is 10.2 Å². The molecular weight excluding hydrogens is 357 g/mol. The Balaban J connectivity index is 1.99. The predicted molar refractivity (Wildman–Crippen MR) is 96.2 cm³/mol. The molecule has 1 atom stereocenters. The molecule has 2 N–H and O–H groups in total. The van der Waals surface area contributed by atoms with Crippen LogP contribution in [0.25, 0.3) is 0 Å². The first kappa shape index (κ1) is 19.0. The summed E-state index contributed by atoms with van der Waals surface area (Å²) in [6.45, 7) is 4.29. The Kier molecular flexibility index (Phi) is 4.97. The van der Waals surface area contributed by atoms with Gasteiger partial charge in [0.2, 0.25) is 0 Å². The molecule has 3 rings (SSSR count). The summed E-state index contributed by atoms with van der Waals surface area (Å²) in [4.78, 5) is 10.8. The molecule has 0 bridgehead atoms. The number of hydrogen-bond acceptors (Lipinski definition) is 3. The summed E-state index contributed by atoms with van der Waals surface area (Å²) in [5.41, 5.74) is 6.47. The number of hydrogen-bond donors (Lipinski definition) is 2. The lowest BCUT2D eigenvalue weighted by atomic mass is 10.0. The van der Waals surface area contributed by atoms with Gasteiger partial charge in [-0.2, -0.15) is 13.2 Å². The highest BCUT2D eigenvalue weighted by Crippen LogP contribution is 2.39. The first-order valence-electron chi connectivity index (χ1n) is 8.37. The van der Waals surface area contributed by atoms with Gasteiger partial charge >= 0.3 is 12.1 Å². The van der Waals surface area contributed by atoms with E-state index in [0.717, 1.165) is 34.9 Å². The Hall–Kier alpha value is -2.80. The van der Waals surface area contributed by atoms with Crippen LogP contribution in [-0.2, 0) is 17.5 Å². The van der Waals surface area contributed by atoms with Crippen LogP contribution in [0.3, 0.4) is 0 Å². The number of aliphatic carboxylic acids is 1. The number of carboxylic acids is 1. The van der Waals surface area contributed by atoms with Crippen molar-refractivity contribution in [2.24, 2.45) is 0 Å². The summed E-state index contributed by atoms with van der Waals surface area (Å²) >= 11 is 0. The number of rotatable bonds is 4. The Morgan fingerprint density at radius 2 is 1.96 bits per heavy atom. The van der Waals surface area contributed by atoms with Crippen LogP contribution < -0.4 is 10.4 Å². The molecule has 0 amide bonds. The fourth-order valence-corrected chi connectivity index (χ4v) is 3.17. The third-order valence-corrected chi connectivity index (χ3v) is 4.54. The number of fused-ring (bicyclic) bond motifs is 1. The molecule has 0 saturated carbocycles. The quantitative estimate of drug-likeness (QED) is 0.770. The van der Waals surface area contributed by atoms with E-state index in [-0.39, 0.29) is 0 Å². The largest absolute Gasteiger partial charge is 0.478 e. The summed E-state index contributed by atoms with van der Waals surface area (Å²) in [6, 6.07) is 8.91. The summed E-state index contributed by atoms with van der Waals surface area (Å²) < 4.78 is 39.4. The molecule has 4 nitrogen and oxygen atoms in total. The molecule has 1 unspecified atom stereocenters. The number of alkyl halides is 3. The number of nitrogens with one attached hydrogen (secondary N) is 1. The average Bonchev–Trinajstić information content (AvgIpc) is 2.92. The zero-order valence-electron chi connectivity index (χ0n) is 14.8. The number of nitrogens with zero attached hydrogens (tertiary/aromatic N) is 1. The van der Waals surface area contributed by atoms with Crippen molar-refractivity contribution in [2.45, 2.75) is 32.6 Å². The second-order valence-electron chi connectivity index (χ2n) is 6.59. The van der Waals surface area contributed by atoms with E-state index in [9.17, 15) is 18.0 Å². The number of aryl methyl sites for hydroxylation is 2. The maximum atomic E-state index is 13.1. The molecular formula is C20H19F3N2O2. The molecule has 0 aliphatic carbocycles. The summed E-state index contributed by atoms with van der Waals surface area (Å²) in [5, 5.41) is 10.5. The number of anilines is 1. The lowest BCUT2D eigenvalue weighted by Gasteiger charge is -2.22. The Labute approximate surface area is 154 Å². The van der Waals surface area contributed by atoms with E-state index in [2.05, 4.69) is 5.43 Å². The SMILES string of the molecule is Cc1ccc(CN2NC(/C=C/C(=O)O)c3ccc(C(F)(F)F)cc32)c(C)c1. The number of carboxylic acid groups (broad SMARTS) is 1. The number of carbonyl (C=O) groups is 1. The van der Waals surface area contributed by atoms with Gasteiger partial charge in [0.05, 0.1) is 23.8 Å². The van der Waals surface area contributed by atoms with Crippen LogP contribution in [0.15, 0.2) is 48.6 Å². The van der Waals surface area contributed by atoms with Crippen molar-refractivity contribution < 1.29 is 23.1 Å². The molecule has 27 heavy (non-hydrogen) atoms. The van der Waals surface area contributed by atoms with Crippen molar-refractivity contribution in [2.75, 3.05) is 5.01 Å². The van der Waals surface area contributed by atoms with E-state index in [4.69, 9.17) is 5.11 Å². The summed E-state index contributed by atoms with van der Waals surface area (Å²) in [7, 11) is 0. The van der Waals surface area contributed by atoms with Gasteiger partial charge in [-0.05, 0) is 42.7 Å². The fourth-order valence-electron chi connectivity index (χ4n) is 3.17. The van der Waals surface area contributed by atoms with Crippen LogP contribution in [0.1, 0.15) is 33.9 Å². The predicted octanol–water partition coefficient (Wildman–Crippen LogP) is 4.53. The van der Waals surface area contributed by atoms with Crippen LogP contribution >= 0.6 is 0 Å². The van der Waals surface area contributed by atoms with Gasteiger partial charge in [0, 0.05) is 6.08 Å². The molecule has 0 aromatic heterocycles. The van der Waals surface area contributed by atoms with Crippen LogP contribution in [-0.4, -0.2) is 11.1 Å². The summed E-state index contributed by atoms with van der Waals surface area (Å²) in [5.74, 6) is -1.11. The van der Waals surface area contributed by atoms with E-state index in [1.165, 1.54) is 12.1 Å². The number of halogens is 3. The maximum Gasteiger partial charge on any atom is 0.416 e. The minimum absolute atomic E-state index is 0.359. The van der Waals surface area contributed by atoms with Crippen LogP contribution in [0.4, 0.5) is 18.9 Å². The molecule has 1 aliphatic heterocycles. The maximum absolute atomic E-state index is 13.1. The molecule has 0 radical (unpaired) electrons. The fraction of sp³-hybridized carbons (Fsp3) is 0.250. The minimum Gasteiger partial charge on any atom is -0.478 e. The van der Waals surface area contributed by atoms with E-state index in [1.54, 1.807) is 5.01 Å². The van der Waals surface area contributed by atoms with Gasteiger partial charge in [0.25, 0.3) is 0 Å². The van der Waals surface area contributed by atoms with Crippen LogP contribution in [0, 0.1) is 13.8 Å². The topological polar surface area (TPSA) is 52.6 Å². The normalized spacial score (nSPS) is 16.8. The molecule has 7 heteroatoms. The van der Waals surface area contributed by atoms with Gasteiger partial charge in [0.15, 0.2) is 0 Å². The minimum atomic E-state index is -4.45. The molecule has 2 aromatic carbocycles. The van der Waals surface area contributed by atoms with Crippen molar-refractivity contribution in [3.05, 3.63) is 76.4 Å². The van der Waals surface area contributed by atoms with Crippen molar-refractivity contribution >= 4 is 11.7 Å². The average molecular weight is 376 g/mol. The van der Waals surface area contributed by atoms with E-state index in [1.807, 2.05) is 32.0 Å². The highest BCUT2D eigenvalue weighted by Gasteiger charge is 2.34. The van der Waals surface area contributed by atoms with Gasteiger partial charge < -0.3 is 10.1 Å². The van der Waals surface area contributed by atoms with Crippen molar-refractivity contribution in [3.63, 3.8) is 0 Å². The lowest BCUT2D eigenvalue weighted by molar-refractivity contribution is -0.137. The Morgan fingerprint density at radius 1 is 1.22 bits per heavy atom. The van der Waals surface area contributed by atoms with Gasteiger partial charge in [-0.3, -0.25) is 0 Å². The van der Waals surface area contributed by atoms with Gasteiger partial charge in [-0.15, -0.1) is 0 Å². The Bertz CT molecular complexity index is 907. The van der Waals surface area contributed by atoms with E-state index < -0.39 is 23.8 Å².